The first-order chi connectivity index (χ1) is 7.95. The van der Waals surface area contributed by atoms with Crippen LogP contribution in [0.15, 0.2) is 35.4 Å². The van der Waals surface area contributed by atoms with Crippen LogP contribution in [0.2, 0.25) is 0 Å². The molecule has 0 radical (unpaired) electrons. The van der Waals surface area contributed by atoms with Crippen molar-refractivity contribution in [1.29, 1.82) is 0 Å². The molecule has 1 atom stereocenters. The topological polar surface area (TPSA) is 36.4 Å². The summed E-state index contributed by atoms with van der Waals surface area (Å²) in [6.07, 6.45) is -4.72. The van der Waals surface area contributed by atoms with Crippen molar-refractivity contribution in [3.05, 3.63) is 30.3 Å². The largest absolute Gasteiger partial charge is 0.411 e. The zero-order valence-electron chi connectivity index (χ0n) is 8.92. The molecule has 0 saturated heterocycles. The molecule has 0 aliphatic carbocycles. The standard InChI is InChI=1S/C10H11F4N3/c1-15-8(10(12,13)14)9(11)17-16-7-5-3-2-4-6-7/h2-6,8,15-16H,1H3/b17-9-. The molecule has 1 aromatic rings. The first kappa shape index (κ1) is 13.4. The van der Waals surface area contributed by atoms with Gasteiger partial charge in [0.1, 0.15) is 0 Å². The summed E-state index contributed by atoms with van der Waals surface area (Å²) in [6.45, 7) is 0. The van der Waals surface area contributed by atoms with E-state index >= 15 is 0 Å². The molecule has 0 aliphatic heterocycles. The van der Waals surface area contributed by atoms with Crippen LogP contribution in [0.1, 0.15) is 0 Å². The Morgan fingerprint density at radius 3 is 2.29 bits per heavy atom. The SMILES string of the molecule is CNC(/C(F)=N/Nc1ccccc1)C(F)(F)F. The number of benzene rings is 1. The summed E-state index contributed by atoms with van der Waals surface area (Å²) >= 11 is 0. The third-order valence-corrected chi connectivity index (χ3v) is 1.92. The van der Waals surface area contributed by atoms with Gasteiger partial charge in [-0.25, -0.2) is 0 Å². The molecule has 1 rings (SSSR count). The smallest absolute Gasteiger partial charge is 0.302 e. The second-order valence-electron chi connectivity index (χ2n) is 3.18. The number of para-hydroxylation sites is 1. The minimum atomic E-state index is -4.72. The molecule has 0 saturated carbocycles. The number of hydrogen-bond acceptors (Lipinski definition) is 3. The van der Waals surface area contributed by atoms with E-state index in [1.54, 1.807) is 30.3 Å². The number of hydrogen-bond donors (Lipinski definition) is 2. The highest BCUT2D eigenvalue weighted by atomic mass is 19.4. The van der Waals surface area contributed by atoms with Crippen molar-refractivity contribution >= 4 is 11.7 Å². The molecule has 0 heterocycles. The van der Waals surface area contributed by atoms with E-state index < -0.39 is 18.2 Å². The van der Waals surface area contributed by atoms with Gasteiger partial charge in [-0.15, -0.1) is 5.10 Å². The Bertz CT molecular complexity index is 375. The third kappa shape index (κ3) is 4.03. The zero-order chi connectivity index (χ0) is 12.9. The molecule has 2 N–H and O–H groups in total. The Morgan fingerprint density at radius 2 is 1.82 bits per heavy atom. The first-order valence-electron chi connectivity index (χ1n) is 4.73. The average molecular weight is 249 g/mol. The van der Waals surface area contributed by atoms with E-state index in [1.807, 2.05) is 5.32 Å². The van der Waals surface area contributed by atoms with Gasteiger partial charge < -0.3 is 5.32 Å². The Labute approximate surface area is 95.5 Å². The summed E-state index contributed by atoms with van der Waals surface area (Å²) in [4.78, 5) is 0. The van der Waals surface area contributed by atoms with Crippen molar-refractivity contribution < 1.29 is 17.6 Å². The Balaban J connectivity index is 2.72. The summed E-state index contributed by atoms with van der Waals surface area (Å²) in [6, 6.07) is 5.72. The van der Waals surface area contributed by atoms with Crippen molar-refractivity contribution in [2.24, 2.45) is 5.10 Å². The minimum Gasteiger partial charge on any atom is -0.302 e. The van der Waals surface area contributed by atoms with Crippen LogP contribution in [0.3, 0.4) is 0 Å². The van der Waals surface area contributed by atoms with Gasteiger partial charge in [0.05, 0.1) is 5.69 Å². The van der Waals surface area contributed by atoms with Gasteiger partial charge >= 0.3 is 6.18 Å². The molecule has 1 unspecified atom stereocenters. The van der Waals surface area contributed by atoms with Gasteiger partial charge in [-0.05, 0) is 19.2 Å². The fourth-order valence-electron chi connectivity index (χ4n) is 1.11. The van der Waals surface area contributed by atoms with Crippen LogP contribution in [-0.4, -0.2) is 25.2 Å². The van der Waals surface area contributed by atoms with Crippen LogP contribution in [0.4, 0.5) is 23.2 Å². The van der Waals surface area contributed by atoms with Gasteiger partial charge in [0.15, 0.2) is 6.04 Å². The number of nitrogens with zero attached hydrogens (tertiary/aromatic N) is 1. The number of hydrazone groups is 1. The maximum absolute atomic E-state index is 13.2. The quantitative estimate of drug-likeness (QED) is 0.488. The van der Waals surface area contributed by atoms with E-state index in [4.69, 9.17) is 0 Å². The maximum Gasteiger partial charge on any atom is 0.411 e. The van der Waals surface area contributed by atoms with E-state index in [-0.39, 0.29) is 0 Å². The molecule has 7 heteroatoms. The monoisotopic (exact) mass is 249 g/mol. The van der Waals surface area contributed by atoms with E-state index in [2.05, 4.69) is 10.5 Å². The van der Waals surface area contributed by atoms with Crippen LogP contribution in [0.5, 0.6) is 0 Å². The highest BCUT2D eigenvalue weighted by Crippen LogP contribution is 2.21. The van der Waals surface area contributed by atoms with Crippen molar-refractivity contribution in [3.8, 4) is 0 Å². The highest BCUT2D eigenvalue weighted by Gasteiger charge is 2.43. The predicted octanol–water partition coefficient (Wildman–Crippen LogP) is 2.53. The molecule has 0 aromatic heterocycles. The van der Waals surface area contributed by atoms with Crippen LogP contribution in [0, 0.1) is 0 Å². The number of nitrogens with one attached hydrogen (secondary N) is 2. The Hall–Kier alpha value is -1.63. The zero-order valence-corrected chi connectivity index (χ0v) is 8.92. The first-order valence-corrected chi connectivity index (χ1v) is 4.73. The lowest BCUT2D eigenvalue weighted by Crippen LogP contribution is -2.45. The number of anilines is 1. The average Bonchev–Trinajstić information content (AvgIpc) is 2.27. The molecule has 0 fully saturated rings. The van der Waals surface area contributed by atoms with E-state index in [0.29, 0.717) is 5.69 Å². The third-order valence-electron chi connectivity index (χ3n) is 1.92. The van der Waals surface area contributed by atoms with Crippen molar-refractivity contribution in [1.82, 2.24) is 5.32 Å². The molecule has 3 nitrogen and oxygen atoms in total. The molecule has 0 spiro atoms. The van der Waals surface area contributed by atoms with Gasteiger partial charge in [0.2, 0.25) is 5.97 Å². The van der Waals surface area contributed by atoms with Gasteiger partial charge in [0, 0.05) is 0 Å². The molecular formula is C10H11F4N3. The Kier molecular flexibility index (Phi) is 4.45. The van der Waals surface area contributed by atoms with Gasteiger partial charge in [-0.2, -0.15) is 17.6 Å². The predicted molar refractivity (Wildman–Crippen MR) is 57.5 cm³/mol. The second kappa shape index (κ2) is 5.62. The highest BCUT2D eigenvalue weighted by molar-refractivity contribution is 5.82. The summed E-state index contributed by atoms with van der Waals surface area (Å²) in [5.74, 6) is -1.57. The van der Waals surface area contributed by atoms with E-state index in [9.17, 15) is 17.6 Å². The molecule has 94 valence electrons. The molecule has 0 amide bonds. The molecular weight excluding hydrogens is 238 g/mol. The normalized spacial score (nSPS) is 14.5. The number of rotatable bonds is 4. The van der Waals surface area contributed by atoms with Gasteiger partial charge in [-0.3, -0.25) is 5.43 Å². The molecule has 1 aromatic carbocycles. The van der Waals surface area contributed by atoms with Crippen LogP contribution in [0.25, 0.3) is 0 Å². The van der Waals surface area contributed by atoms with E-state index in [1.165, 1.54) is 0 Å². The lowest BCUT2D eigenvalue weighted by Gasteiger charge is -2.16. The lowest BCUT2D eigenvalue weighted by atomic mass is 10.3. The summed E-state index contributed by atoms with van der Waals surface area (Å²) < 4.78 is 50.0. The second-order valence-corrected chi connectivity index (χ2v) is 3.18. The van der Waals surface area contributed by atoms with E-state index in [0.717, 1.165) is 7.05 Å². The minimum absolute atomic E-state index is 0.402. The maximum atomic E-state index is 13.2. The summed E-state index contributed by atoms with van der Waals surface area (Å²) in [5, 5.41) is 4.86. The van der Waals surface area contributed by atoms with Crippen LogP contribution in [-0.2, 0) is 0 Å². The number of alkyl halides is 3. The fraction of sp³-hybridized carbons (Fsp3) is 0.300. The molecule has 17 heavy (non-hydrogen) atoms. The van der Waals surface area contributed by atoms with Crippen molar-refractivity contribution in [2.45, 2.75) is 12.2 Å². The number of halogens is 4. The molecule has 0 bridgehead atoms. The summed E-state index contributed by atoms with van der Waals surface area (Å²) in [5.41, 5.74) is 2.61. The van der Waals surface area contributed by atoms with Crippen molar-refractivity contribution in [2.75, 3.05) is 12.5 Å². The van der Waals surface area contributed by atoms with Crippen molar-refractivity contribution in [3.63, 3.8) is 0 Å². The fourth-order valence-corrected chi connectivity index (χ4v) is 1.11. The van der Waals surface area contributed by atoms with Gasteiger partial charge in [0.25, 0.3) is 0 Å². The van der Waals surface area contributed by atoms with Crippen LogP contribution < -0.4 is 10.7 Å². The lowest BCUT2D eigenvalue weighted by molar-refractivity contribution is -0.140. The summed E-state index contributed by atoms with van der Waals surface area (Å²) in [7, 11) is 1.01. The van der Waals surface area contributed by atoms with Crippen LogP contribution >= 0.6 is 0 Å². The van der Waals surface area contributed by atoms with Gasteiger partial charge in [-0.1, -0.05) is 18.2 Å². The molecule has 0 aliphatic rings. The Morgan fingerprint density at radius 1 is 1.24 bits per heavy atom.